The number of nitrogens with zero attached hydrogens (tertiary/aromatic N) is 2. The van der Waals surface area contributed by atoms with Crippen molar-refractivity contribution in [2.75, 3.05) is 38.8 Å². The van der Waals surface area contributed by atoms with Crippen molar-refractivity contribution in [3.63, 3.8) is 0 Å². The van der Waals surface area contributed by atoms with Crippen LogP contribution in [0.25, 0.3) is 0 Å². The molecule has 1 saturated heterocycles. The van der Waals surface area contributed by atoms with Crippen LogP contribution in [-0.4, -0.2) is 66.5 Å². The smallest absolute Gasteiger partial charge is 0.246 e. The van der Waals surface area contributed by atoms with Gasteiger partial charge in [0, 0.05) is 32.3 Å². The van der Waals surface area contributed by atoms with Gasteiger partial charge in [-0.25, -0.2) is 0 Å². The van der Waals surface area contributed by atoms with Crippen LogP contribution < -0.4 is 5.32 Å². The van der Waals surface area contributed by atoms with Crippen LogP contribution in [-0.2, 0) is 9.59 Å². The molecule has 1 unspecified atom stereocenters. The summed E-state index contributed by atoms with van der Waals surface area (Å²) in [6.45, 7) is 7.56. The van der Waals surface area contributed by atoms with E-state index in [4.69, 9.17) is 0 Å². The van der Waals surface area contributed by atoms with Crippen LogP contribution >= 0.6 is 24.2 Å². The van der Waals surface area contributed by atoms with Gasteiger partial charge in [-0.1, -0.05) is 20.8 Å². The summed E-state index contributed by atoms with van der Waals surface area (Å²) in [7, 11) is 3.66. The molecule has 0 aromatic rings. The van der Waals surface area contributed by atoms with Crippen LogP contribution in [0.2, 0.25) is 0 Å². The van der Waals surface area contributed by atoms with Crippen LogP contribution in [0, 0.1) is 5.41 Å². The molecule has 0 aromatic heterocycles. The highest BCUT2D eigenvalue weighted by molar-refractivity contribution is 7.99. The lowest BCUT2D eigenvalue weighted by Crippen LogP contribution is -2.49. The first-order valence-corrected chi connectivity index (χ1v) is 8.18. The first kappa shape index (κ1) is 20.5. The average Bonchev–Trinajstić information content (AvgIpc) is 2.82. The third-order valence-corrected chi connectivity index (χ3v) is 4.25. The molecular weight excluding hydrogens is 310 g/mol. The van der Waals surface area contributed by atoms with Gasteiger partial charge in [-0.15, -0.1) is 24.2 Å². The molecule has 1 heterocycles. The SMILES string of the molecule is CNCCN(C)C(=O)C1CSCN1C(=O)CC(C)(C)C.Cl. The molecule has 1 aliphatic rings. The normalized spacial score (nSPS) is 18.3. The topological polar surface area (TPSA) is 52.7 Å². The number of rotatable bonds is 5. The van der Waals surface area contributed by atoms with E-state index in [1.165, 1.54) is 0 Å². The van der Waals surface area contributed by atoms with Crippen molar-refractivity contribution in [1.29, 1.82) is 0 Å². The Morgan fingerprint density at radius 3 is 2.52 bits per heavy atom. The highest BCUT2D eigenvalue weighted by Crippen LogP contribution is 2.27. The lowest BCUT2D eigenvalue weighted by molar-refractivity contribution is -0.143. The van der Waals surface area contributed by atoms with Crippen molar-refractivity contribution in [2.24, 2.45) is 5.41 Å². The third kappa shape index (κ3) is 6.45. The van der Waals surface area contributed by atoms with Crippen LogP contribution in [0.5, 0.6) is 0 Å². The zero-order valence-corrected chi connectivity index (χ0v) is 15.3. The molecule has 1 aliphatic heterocycles. The van der Waals surface area contributed by atoms with E-state index in [2.05, 4.69) is 5.32 Å². The van der Waals surface area contributed by atoms with Crippen LogP contribution in [0.3, 0.4) is 0 Å². The second-order valence-corrected chi connectivity index (χ2v) is 7.48. The van der Waals surface area contributed by atoms with Gasteiger partial charge in [-0.3, -0.25) is 9.59 Å². The average molecular weight is 338 g/mol. The first-order chi connectivity index (χ1) is 9.26. The van der Waals surface area contributed by atoms with E-state index in [1.54, 1.807) is 28.6 Å². The molecule has 1 atom stereocenters. The number of carbonyl (C=O) groups excluding carboxylic acids is 2. The molecule has 0 aromatic carbocycles. The zero-order chi connectivity index (χ0) is 15.3. The van der Waals surface area contributed by atoms with E-state index < -0.39 is 0 Å². The molecule has 0 bridgehead atoms. The summed E-state index contributed by atoms with van der Waals surface area (Å²) in [6, 6.07) is -0.295. The molecule has 0 aliphatic carbocycles. The maximum Gasteiger partial charge on any atom is 0.246 e. The predicted octanol–water partition coefficient (Wildman–Crippen LogP) is 1.42. The van der Waals surface area contributed by atoms with Crippen LogP contribution in [0.1, 0.15) is 27.2 Å². The summed E-state index contributed by atoms with van der Waals surface area (Å²) in [5.41, 5.74) is -0.0457. The van der Waals surface area contributed by atoms with Gasteiger partial charge in [-0.2, -0.15) is 0 Å². The van der Waals surface area contributed by atoms with Gasteiger partial charge in [0.25, 0.3) is 0 Å². The molecule has 0 spiro atoms. The maximum atomic E-state index is 12.4. The Morgan fingerprint density at radius 2 is 2.00 bits per heavy atom. The second-order valence-electron chi connectivity index (χ2n) is 6.48. The number of hydrogen-bond acceptors (Lipinski definition) is 4. The summed E-state index contributed by atoms with van der Waals surface area (Å²) in [5.74, 6) is 1.47. The second kappa shape index (κ2) is 8.86. The highest BCUT2D eigenvalue weighted by Gasteiger charge is 2.36. The largest absolute Gasteiger partial charge is 0.343 e. The van der Waals surface area contributed by atoms with Gasteiger partial charge in [0.15, 0.2) is 0 Å². The van der Waals surface area contributed by atoms with Gasteiger partial charge < -0.3 is 15.1 Å². The first-order valence-electron chi connectivity index (χ1n) is 7.03. The maximum absolute atomic E-state index is 12.4. The third-order valence-electron chi connectivity index (χ3n) is 3.24. The summed E-state index contributed by atoms with van der Waals surface area (Å²) in [6.07, 6.45) is 0.484. The molecule has 21 heavy (non-hydrogen) atoms. The van der Waals surface area contributed by atoms with E-state index in [1.807, 2.05) is 27.8 Å². The Bertz CT molecular complexity index is 361. The number of amides is 2. The Hall–Kier alpha value is -0.460. The van der Waals surface area contributed by atoms with E-state index >= 15 is 0 Å². The fourth-order valence-electron chi connectivity index (χ4n) is 2.09. The van der Waals surface area contributed by atoms with E-state index in [-0.39, 0.29) is 35.7 Å². The number of halogens is 1. The van der Waals surface area contributed by atoms with E-state index in [0.717, 1.165) is 6.54 Å². The number of likely N-dealkylation sites (N-methyl/N-ethyl adjacent to an activating group) is 2. The van der Waals surface area contributed by atoms with Gasteiger partial charge >= 0.3 is 0 Å². The minimum atomic E-state index is -0.295. The zero-order valence-electron chi connectivity index (χ0n) is 13.6. The number of thioether (sulfide) groups is 1. The highest BCUT2D eigenvalue weighted by atomic mass is 35.5. The Balaban J connectivity index is 0.00000400. The molecular formula is C14H28ClN3O2S. The minimum Gasteiger partial charge on any atom is -0.343 e. The molecule has 2 amide bonds. The Kier molecular flexibility index (Phi) is 8.66. The number of nitrogens with one attached hydrogen (secondary N) is 1. The van der Waals surface area contributed by atoms with Gasteiger partial charge in [-0.05, 0) is 12.5 Å². The number of carbonyl (C=O) groups is 2. The van der Waals surface area contributed by atoms with Crippen molar-refractivity contribution in [2.45, 2.75) is 33.2 Å². The standard InChI is InChI=1S/C14H27N3O2S.ClH/c1-14(2,3)8-12(18)17-10-20-9-11(17)13(19)16(5)7-6-15-4;/h11,15H,6-10H2,1-5H3;1H. The number of hydrogen-bond donors (Lipinski definition) is 1. The fraction of sp³-hybridized carbons (Fsp3) is 0.857. The predicted molar refractivity (Wildman–Crippen MR) is 90.8 cm³/mol. The van der Waals surface area contributed by atoms with E-state index in [0.29, 0.717) is 24.6 Å². The Labute approximate surface area is 138 Å². The van der Waals surface area contributed by atoms with Gasteiger partial charge in [0.1, 0.15) is 6.04 Å². The van der Waals surface area contributed by atoms with Crippen LogP contribution in [0.15, 0.2) is 0 Å². The quantitative estimate of drug-likeness (QED) is 0.824. The van der Waals surface area contributed by atoms with E-state index in [9.17, 15) is 9.59 Å². The summed E-state index contributed by atoms with van der Waals surface area (Å²) >= 11 is 1.66. The molecule has 1 rings (SSSR count). The molecule has 0 saturated carbocycles. The van der Waals surface area contributed by atoms with Crippen molar-refractivity contribution < 1.29 is 9.59 Å². The summed E-state index contributed by atoms with van der Waals surface area (Å²) < 4.78 is 0. The van der Waals surface area contributed by atoms with Crippen LogP contribution in [0.4, 0.5) is 0 Å². The van der Waals surface area contributed by atoms with Gasteiger partial charge in [0.2, 0.25) is 11.8 Å². The van der Waals surface area contributed by atoms with Crippen molar-refractivity contribution in [3.8, 4) is 0 Å². The van der Waals surface area contributed by atoms with Gasteiger partial charge in [0.05, 0.1) is 5.88 Å². The fourth-order valence-corrected chi connectivity index (χ4v) is 3.26. The molecule has 124 valence electrons. The lowest BCUT2D eigenvalue weighted by atomic mass is 9.91. The molecule has 7 heteroatoms. The van der Waals surface area contributed by atoms with Crippen molar-refractivity contribution >= 4 is 36.0 Å². The molecule has 1 fully saturated rings. The van der Waals surface area contributed by atoms with Crippen molar-refractivity contribution in [1.82, 2.24) is 15.1 Å². The lowest BCUT2D eigenvalue weighted by Gasteiger charge is -2.29. The minimum absolute atomic E-state index is 0. The molecule has 1 N–H and O–H groups in total. The Morgan fingerprint density at radius 1 is 1.38 bits per heavy atom. The summed E-state index contributed by atoms with van der Waals surface area (Å²) in [5, 5.41) is 3.03. The monoisotopic (exact) mass is 337 g/mol. The molecule has 0 radical (unpaired) electrons. The van der Waals surface area contributed by atoms with Crippen molar-refractivity contribution in [3.05, 3.63) is 0 Å². The summed E-state index contributed by atoms with van der Waals surface area (Å²) in [4.78, 5) is 28.2. The molecule has 5 nitrogen and oxygen atoms in total.